The first-order valence-corrected chi connectivity index (χ1v) is 13.2. The molecule has 0 bridgehead atoms. The lowest BCUT2D eigenvalue weighted by atomic mass is 9.99. The van der Waals surface area contributed by atoms with Crippen LogP contribution in [0.25, 0.3) is 0 Å². The zero-order chi connectivity index (χ0) is 25.9. The van der Waals surface area contributed by atoms with E-state index in [2.05, 4.69) is 43.4 Å². The molecule has 0 aromatic heterocycles. The number of halogens is 1. The van der Waals surface area contributed by atoms with Gasteiger partial charge in [0.1, 0.15) is 6.04 Å². The Morgan fingerprint density at radius 1 is 0.889 bits per heavy atom. The third kappa shape index (κ3) is 7.96. The number of hydrogen-bond acceptors (Lipinski definition) is 2. The Morgan fingerprint density at radius 3 is 2.19 bits per heavy atom. The van der Waals surface area contributed by atoms with Crippen LogP contribution in [0.2, 0.25) is 5.02 Å². The first-order chi connectivity index (χ1) is 17.4. The van der Waals surface area contributed by atoms with Gasteiger partial charge in [-0.3, -0.25) is 9.59 Å². The number of benzene rings is 3. The summed E-state index contributed by atoms with van der Waals surface area (Å²) < 4.78 is 0. The summed E-state index contributed by atoms with van der Waals surface area (Å²) in [5.74, 6) is 0.269. The molecule has 3 aromatic carbocycles. The SMILES string of the molecule is CCCNC(=O)[C@H](Cc1ccccc1)N(Cc1ccccc1Cl)C(=O)CCc1ccc(C(C)C)cc1. The smallest absolute Gasteiger partial charge is 0.243 e. The van der Waals surface area contributed by atoms with Crippen LogP contribution in [0, 0.1) is 0 Å². The van der Waals surface area contributed by atoms with E-state index in [4.69, 9.17) is 11.6 Å². The van der Waals surface area contributed by atoms with Crippen LogP contribution < -0.4 is 5.32 Å². The van der Waals surface area contributed by atoms with Crippen molar-refractivity contribution in [2.45, 2.75) is 65.0 Å². The molecule has 0 aliphatic heterocycles. The van der Waals surface area contributed by atoms with E-state index in [1.807, 2.05) is 61.5 Å². The molecule has 36 heavy (non-hydrogen) atoms. The van der Waals surface area contributed by atoms with E-state index in [0.717, 1.165) is 23.1 Å². The van der Waals surface area contributed by atoms with Crippen molar-refractivity contribution in [1.29, 1.82) is 0 Å². The van der Waals surface area contributed by atoms with Crippen LogP contribution in [0.15, 0.2) is 78.9 Å². The van der Waals surface area contributed by atoms with Crippen molar-refractivity contribution in [3.63, 3.8) is 0 Å². The maximum Gasteiger partial charge on any atom is 0.243 e. The van der Waals surface area contributed by atoms with Gasteiger partial charge in [0.25, 0.3) is 0 Å². The number of amides is 2. The molecule has 0 saturated heterocycles. The monoisotopic (exact) mass is 504 g/mol. The minimum Gasteiger partial charge on any atom is -0.354 e. The molecule has 4 nitrogen and oxygen atoms in total. The molecule has 2 amide bonds. The molecule has 0 fully saturated rings. The number of hydrogen-bond donors (Lipinski definition) is 1. The second-order valence-electron chi connectivity index (χ2n) is 9.51. The van der Waals surface area contributed by atoms with Gasteiger partial charge >= 0.3 is 0 Å². The van der Waals surface area contributed by atoms with Crippen LogP contribution in [0.1, 0.15) is 61.8 Å². The summed E-state index contributed by atoms with van der Waals surface area (Å²) in [5.41, 5.74) is 4.23. The molecular weight excluding hydrogens is 468 g/mol. The van der Waals surface area contributed by atoms with Crippen LogP contribution in [0.3, 0.4) is 0 Å². The fourth-order valence-corrected chi connectivity index (χ4v) is 4.39. The highest BCUT2D eigenvalue weighted by atomic mass is 35.5. The lowest BCUT2D eigenvalue weighted by Gasteiger charge is -2.32. The van der Waals surface area contributed by atoms with E-state index < -0.39 is 6.04 Å². The fraction of sp³-hybridized carbons (Fsp3) is 0.355. The van der Waals surface area contributed by atoms with E-state index in [-0.39, 0.29) is 18.4 Å². The van der Waals surface area contributed by atoms with E-state index in [0.29, 0.717) is 36.7 Å². The summed E-state index contributed by atoms with van der Waals surface area (Å²) in [6, 6.07) is 25.2. The van der Waals surface area contributed by atoms with Crippen LogP contribution in [-0.4, -0.2) is 29.3 Å². The Bertz CT molecular complexity index is 1110. The van der Waals surface area contributed by atoms with Crippen molar-refractivity contribution in [1.82, 2.24) is 10.2 Å². The number of rotatable bonds is 12. The number of nitrogens with zero attached hydrogens (tertiary/aromatic N) is 1. The summed E-state index contributed by atoms with van der Waals surface area (Å²) in [6.07, 6.45) is 2.20. The molecule has 0 saturated carbocycles. The molecule has 0 spiro atoms. The number of nitrogens with one attached hydrogen (secondary N) is 1. The van der Waals surface area contributed by atoms with Crippen molar-refractivity contribution in [3.8, 4) is 0 Å². The molecule has 0 aliphatic carbocycles. The number of carbonyl (C=O) groups excluding carboxylic acids is 2. The van der Waals surface area contributed by atoms with Crippen LogP contribution in [0.5, 0.6) is 0 Å². The average molecular weight is 505 g/mol. The Morgan fingerprint density at radius 2 is 1.56 bits per heavy atom. The summed E-state index contributed by atoms with van der Waals surface area (Å²) >= 11 is 6.48. The molecule has 0 radical (unpaired) electrons. The largest absolute Gasteiger partial charge is 0.354 e. The van der Waals surface area contributed by atoms with Gasteiger partial charge in [-0.05, 0) is 47.1 Å². The molecule has 0 heterocycles. The predicted octanol–water partition coefficient (Wildman–Crippen LogP) is 6.56. The Hall–Kier alpha value is -3.11. The lowest BCUT2D eigenvalue weighted by Crippen LogP contribution is -2.50. The van der Waals surface area contributed by atoms with Gasteiger partial charge in [-0.15, -0.1) is 0 Å². The van der Waals surface area contributed by atoms with Crippen molar-refractivity contribution in [3.05, 3.63) is 106 Å². The molecule has 0 unspecified atom stereocenters. The number of aryl methyl sites for hydroxylation is 1. The van der Waals surface area contributed by atoms with Crippen LogP contribution >= 0.6 is 11.6 Å². The maximum atomic E-state index is 13.7. The van der Waals surface area contributed by atoms with Gasteiger partial charge in [0.2, 0.25) is 11.8 Å². The van der Waals surface area contributed by atoms with E-state index in [1.165, 1.54) is 5.56 Å². The van der Waals surface area contributed by atoms with E-state index in [9.17, 15) is 9.59 Å². The van der Waals surface area contributed by atoms with Gasteiger partial charge in [-0.2, -0.15) is 0 Å². The quantitative estimate of drug-likeness (QED) is 0.303. The second kappa shape index (κ2) is 13.8. The van der Waals surface area contributed by atoms with Gasteiger partial charge in [0, 0.05) is 31.0 Å². The molecule has 3 aromatic rings. The molecule has 1 N–H and O–H groups in total. The average Bonchev–Trinajstić information content (AvgIpc) is 2.89. The third-order valence-electron chi connectivity index (χ3n) is 6.39. The Kier molecular flexibility index (Phi) is 10.6. The molecular formula is C31H37ClN2O2. The molecule has 3 rings (SSSR count). The van der Waals surface area contributed by atoms with E-state index in [1.54, 1.807) is 4.90 Å². The van der Waals surface area contributed by atoms with Gasteiger partial charge in [0.15, 0.2) is 0 Å². The van der Waals surface area contributed by atoms with Gasteiger partial charge in [-0.25, -0.2) is 0 Å². The predicted molar refractivity (Wildman–Crippen MR) is 148 cm³/mol. The minimum absolute atomic E-state index is 0.0598. The summed E-state index contributed by atoms with van der Waals surface area (Å²) in [7, 11) is 0. The van der Waals surface area contributed by atoms with Crippen molar-refractivity contribution >= 4 is 23.4 Å². The van der Waals surface area contributed by atoms with Crippen LogP contribution in [0.4, 0.5) is 0 Å². The molecule has 5 heteroatoms. The lowest BCUT2D eigenvalue weighted by molar-refractivity contribution is -0.141. The van der Waals surface area contributed by atoms with Gasteiger partial charge in [0.05, 0.1) is 0 Å². The molecule has 1 atom stereocenters. The molecule has 0 aliphatic rings. The zero-order valence-electron chi connectivity index (χ0n) is 21.5. The topological polar surface area (TPSA) is 49.4 Å². The Labute approximate surface area is 220 Å². The van der Waals surface area contributed by atoms with Crippen LogP contribution in [-0.2, 0) is 29.0 Å². The highest BCUT2D eigenvalue weighted by Gasteiger charge is 2.30. The first-order valence-electron chi connectivity index (χ1n) is 12.8. The van der Waals surface area contributed by atoms with Crippen molar-refractivity contribution in [2.24, 2.45) is 0 Å². The summed E-state index contributed by atoms with van der Waals surface area (Å²) in [5, 5.41) is 3.60. The van der Waals surface area contributed by atoms with Crippen molar-refractivity contribution in [2.75, 3.05) is 6.54 Å². The Balaban J connectivity index is 1.87. The van der Waals surface area contributed by atoms with Gasteiger partial charge < -0.3 is 10.2 Å². The minimum atomic E-state index is -0.633. The third-order valence-corrected chi connectivity index (χ3v) is 6.76. The summed E-state index contributed by atoms with van der Waals surface area (Å²) in [6.45, 7) is 7.20. The maximum absolute atomic E-state index is 13.7. The van der Waals surface area contributed by atoms with E-state index >= 15 is 0 Å². The normalized spacial score (nSPS) is 11.8. The fourth-order valence-electron chi connectivity index (χ4n) is 4.19. The highest BCUT2D eigenvalue weighted by molar-refractivity contribution is 6.31. The first kappa shape index (κ1) is 27.5. The van der Waals surface area contributed by atoms with Gasteiger partial charge in [-0.1, -0.05) is 105 Å². The van der Waals surface area contributed by atoms with Crippen molar-refractivity contribution < 1.29 is 9.59 Å². The highest BCUT2D eigenvalue weighted by Crippen LogP contribution is 2.22. The second-order valence-corrected chi connectivity index (χ2v) is 9.91. The number of carbonyl (C=O) groups is 2. The summed E-state index contributed by atoms with van der Waals surface area (Å²) in [4.78, 5) is 28.8. The standard InChI is InChI=1S/C31H37ClN2O2/c1-4-20-33-31(36)29(21-25-10-6-5-7-11-25)34(22-27-12-8-9-13-28(27)32)30(35)19-16-24-14-17-26(18-15-24)23(2)3/h5-15,17-18,23,29H,4,16,19-22H2,1-3H3,(H,33,36)/t29-/m0/s1. The zero-order valence-corrected chi connectivity index (χ0v) is 22.3. The molecule has 190 valence electrons.